The Morgan fingerprint density at radius 3 is 2.72 bits per heavy atom. The number of benzene rings is 1. The molecule has 0 aliphatic carbocycles. The zero-order valence-electron chi connectivity index (χ0n) is 10.9. The molecule has 1 aromatic carbocycles. The Balaban J connectivity index is 2.68. The molecule has 0 saturated carbocycles. The lowest BCUT2D eigenvalue weighted by molar-refractivity contribution is 0.0694. The first-order valence-corrected chi connectivity index (χ1v) is 6.25. The quantitative estimate of drug-likeness (QED) is 0.759. The van der Waals surface area contributed by atoms with Crippen LogP contribution in [0.2, 0.25) is 0 Å². The summed E-state index contributed by atoms with van der Waals surface area (Å²) in [4.78, 5) is 13.1. The highest BCUT2D eigenvalue weighted by molar-refractivity contribution is 5.89. The maximum atomic E-state index is 13.0. The van der Waals surface area contributed by atoms with Crippen LogP contribution in [0.1, 0.15) is 42.1 Å². The summed E-state index contributed by atoms with van der Waals surface area (Å²) in [5, 5.41) is 9.03. The minimum Gasteiger partial charge on any atom is -0.478 e. The van der Waals surface area contributed by atoms with Crippen molar-refractivity contribution in [3.05, 3.63) is 35.1 Å². The zero-order valence-corrected chi connectivity index (χ0v) is 10.9. The lowest BCUT2D eigenvalue weighted by Crippen LogP contribution is -2.20. The van der Waals surface area contributed by atoms with Crippen LogP contribution in [0.5, 0.6) is 0 Å². The maximum Gasteiger partial charge on any atom is 0.336 e. The van der Waals surface area contributed by atoms with Crippen LogP contribution in [-0.2, 0) is 6.54 Å². The molecule has 1 N–H and O–H groups in total. The topological polar surface area (TPSA) is 40.5 Å². The van der Waals surface area contributed by atoms with Gasteiger partial charge in [-0.15, -0.1) is 0 Å². The Morgan fingerprint density at radius 2 is 2.11 bits per heavy atom. The van der Waals surface area contributed by atoms with Crippen molar-refractivity contribution in [2.24, 2.45) is 0 Å². The fourth-order valence-corrected chi connectivity index (χ4v) is 1.89. The van der Waals surface area contributed by atoms with Gasteiger partial charge in [-0.25, -0.2) is 9.18 Å². The molecule has 1 aromatic rings. The molecule has 0 bridgehead atoms. The average molecular weight is 253 g/mol. The van der Waals surface area contributed by atoms with E-state index < -0.39 is 11.8 Å². The Bertz CT molecular complexity index is 407. The minimum absolute atomic E-state index is 0.0531. The van der Waals surface area contributed by atoms with E-state index in [0.717, 1.165) is 25.5 Å². The predicted molar refractivity (Wildman–Crippen MR) is 69.2 cm³/mol. The molecule has 100 valence electrons. The average Bonchev–Trinajstić information content (AvgIpc) is 2.31. The number of unbranched alkanes of at least 4 members (excludes halogenated alkanes) is 2. The Morgan fingerprint density at radius 1 is 1.39 bits per heavy atom. The van der Waals surface area contributed by atoms with E-state index in [2.05, 4.69) is 11.8 Å². The third-order valence-corrected chi connectivity index (χ3v) is 2.89. The van der Waals surface area contributed by atoms with Gasteiger partial charge in [0.1, 0.15) is 5.82 Å². The summed E-state index contributed by atoms with van der Waals surface area (Å²) in [5.41, 5.74) is 0.709. The van der Waals surface area contributed by atoms with Gasteiger partial charge >= 0.3 is 5.97 Å². The SMILES string of the molecule is CCCCCN(C)Cc1ccc(F)cc1C(=O)O. The van der Waals surface area contributed by atoms with Crippen molar-refractivity contribution < 1.29 is 14.3 Å². The van der Waals surface area contributed by atoms with Crippen molar-refractivity contribution in [2.75, 3.05) is 13.6 Å². The van der Waals surface area contributed by atoms with Crippen molar-refractivity contribution in [1.29, 1.82) is 0 Å². The summed E-state index contributed by atoms with van der Waals surface area (Å²) in [6.45, 7) is 3.60. The number of carbonyl (C=O) groups is 1. The van der Waals surface area contributed by atoms with E-state index in [0.29, 0.717) is 12.1 Å². The molecule has 0 heterocycles. The summed E-state index contributed by atoms with van der Waals surface area (Å²) < 4.78 is 13.0. The number of hydrogen-bond acceptors (Lipinski definition) is 2. The number of carboxylic acid groups (broad SMARTS) is 1. The van der Waals surface area contributed by atoms with E-state index in [1.807, 2.05) is 7.05 Å². The maximum absolute atomic E-state index is 13.0. The molecule has 0 aromatic heterocycles. The van der Waals surface area contributed by atoms with Crippen LogP contribution in [0.25, 0.3) is 0 Å². The van der Waals surface area contributed by atoms with E-state index >= 15 is 0 Å². The minimum atomic E-state index is -1.08. The third kappa shape index (κ3) is 4.45. The Kier molecular flexibility index (Phi) is 5.78. The second kappa shape index (κ2) is 7.11. The summed E-state index contributed by atoms with van der Waals surface area (Å²) in [7, 11) is 1.95. The number of aromatic carboxylic acids is 1. The molecule has 0 amide bonds. The highest BCUT2D eigenvalue weighted by Crippen LogP contribution is 2.14. The van der Waals surface area contributed by atoms with E-state index in [1.165, 1.54) is 12.5 Å². The van der Waals surface area contributed by atoms with Crippen LogP contribution >= 0.6 is 0 Å². The van der Waals surface area contributed by atoms with Crippen molar-refractivity contribution in [1.82, 2.24) is 4.90 Å². The van der Waals surface area contributed by atoms with Gasteiger partial charge in [0, 0.05) is 6.54 Å². The van der Waals surface area contributed by atoms with Gasteiger partial charge in [0.05, 0.1) is 5.56 Å². The standard InChI is InChI=1S/C14H20FNO2/c1-3-4-5-8-16(2)10-11-6-7-12(15)9-13(11)14(17)18/h6-7,9H,3-5,8,10H2,1-2H3,(H,17,18). The van der Waals surface area contributed by atoms with Crippen LogP contribution in [0.4, 0.5) is 4.39 Å². The molecule has 0 saturated heterocycles. The van der Waals surface area contributed by atoms with Gasteiger partial charge in [0.25, 0.3) is 0 Å². The first kappa shape index (κ1) is 14.6. The van der Waals surface area contributed by atoms with Crippen LogP contribution < -0.4 is 0 Å². The van der Waals surface area contributed by atoms with E-state index in [9.17, 15) is 9.18 Å². The fourth-order valence-electron chi connectivity index (χ4n) is 1.89. The van der Waals surface area contributed by atoms with Crippen molar-refractivity contribution in [3.8, 4) is 0 Å². The fraction of sp³-hybridized carbons (Fsp3) is 0.500. The summed E-state index contributed by atoms with van der Waals surface area (Å²) >= 11 is 0. The monoisotopic (exact) mass is 253 g/mol. The second-order valence-corrected chi connectivity index (χ2v) is 4.55. The van der Waals surface area contributed by atoms with E-state index in [1.54, 1.807) is 6.07 Å². The smallest absolute Gasteiger partial charge is 0.336 e. The van der Waals surface area contributed by atoms with Crippen molar-refractivity contribution in [2.45, 2.75) is 32.7 Å². The molecule has 0 atom stereocenters. The lowest BCUT2D eigenvalue weighted by Gasteiger charge is -2.17. The molecule has 18 heavy (non-hydrogen) atoms. The number of nitrogens with zero attached hydrogens (tertiary/aromatic N) is 1. The van der Waals surface area contributed by atoms with Gasteiger partial charge in [-0.2, -0.15) is 0 Å². The van der Waals surface area contributed by atoms with Crippen LogP contribution in [-0.4, -0.2) is 29.6 Å². The van der Waals surface area contributed by atoms with Crippen LogP contribution in [0.3, 0.4) is 0 Å². The van der Waals surface area contributed by atoms with E-state index in [-0.39, 0.29) is 5.56 Å². The third-order valence-electron chi connectivity index (χ3n) is 2.89. The molecule has 0 radical (unpaired) electrons. The summed E-state index contributed by atoms with van der Waals surface area (Å²) in [6, 6.07) is 3.94. The normalized spacial score (nSPS) is 10.9. The van der Waals surface area contributed by atoms with Crippen molar-refractivity contribution >= 4 is 5.97 Å². The van der Waals surface area contributed by atoms with Gasteiger partial charge in [0.2, 0.25) is 0 Å². The second-order valence-electron chi connectivity index (χ2n) is 4.55. The molecule has 4 heteroatoms. The van der Waals surface area contributed by atoms with Crippen LogP contribution in [0, 0.1) is 5.82 Å². The van der Waals surface area contributed by atoms with Gasteiger partial charge in [-0.1, -0.05) is 25.8 Å². The first-order chi connectivity index (χ1) is 8.54. The molecular formula is C14H20FNO2. The molecule has 0 unspecified atom stereocenters. The molecule has 3 nitrogen and oxygen atoms in total. The van der Waals surface area contributed by atoms with Gasteiger partial charge in [-0.3, -0.25) is 0 Å². The predicted octanol–water partition coefficient (Wildman–Crippen LogP) is 3.15. The van der Waals surface area contributed by atoms with E-state index in [4.69, 9.17) is 5.11 Å². The molecule has 0 aliphatic heterocycles. The number of hydrogen-bond donors (Lipinski definition) is 1. The molecule has 0 spiro atoms. The molecule has 1 rings (SSSR count). The van der Waals surface area contributed by atoms with Gasteiger partial charge in [0.15, 0.2) is 0 Å². The summed E-state index contributed by atoms with van der Waals surface area (Å²) in [5.74, 6) is -1.59. The number of halogens is 1. The van der Waals surface area contributed by atoms with Crippen LogP contribution in [0.15, 0.2) is 18.2 Å². The molecule has 0 fully saturated rings. The van der Waals surface area contributed by atoms with Crippen molar-refractivity contribution in [3.63, 3.8) is 0 Å². The Hall–Kier alpha value is -1.42. The molecular weight excluding hydrogens is 233 g/mol. The number of carboxylic acids is 1. The summed E-state index contributed by atoms with van der Waals surface area (Å²) in [6.07, 6.45) is 3.42. The largest absolute Gasteiger partial charge is 0.478 e. The lowest BCUT2D eigenvalue weighted by atomic mass is 10.1. The first-order valence-electron chi connectivity index (χ1n) is 6.25. The van der Waals surface area contributed by atoms with Gasteiger partial charge in [-0.05, 0) is 37.7 Å². The number of rotatable bonds is 7. The van der Waals surface area contributed by atoms with Gasteiger partial charge < -0.3 is 10.0 Å². The highest BCUT2D eigenvalue weighted by Gasteiger charge is 2.12. The Labute approximate surface area is 107 Å². The highest BCUT2D eigenvalue weighted by atomic mass is 19.1. The zero-order chi connectivity index (χ0) is 13.5. The molecule has 0 aliphatic rings.